The molecule has 0 aliphatic carbocycles. The summed E-state index contributed by atoms with van der Waals surface area (Å²) >= 11 is 0. The fourth-order valence-corrected chi connectivity index (χ4v) is 3.34. The summed E-state index contributed by atoms with van der Waals surface area (Å²) in [7, 11) is 1.36. The van der Waals surface area contributed by atoms with Gasteiger partial charge in [0, 0.05) is 13.2 Å². The highest BCUT2D eigenvalue weighted by Gasteiger charge is 2.37. The van der Waals surface area contributed by atoms with Crippen LogP contribution in [-0.2, 0) is 35.9 Å². The van der Waals surface area contributed by atoms with Crippen molar-refractivity contribution in [3.05, 3.63) is 59.7 Å². The minimum atomic E-state index is -1.16. The molecule has 31 heavy (non-hydrogen) atoms. The van der Waals surface area contributed by atoms with Gasteiger partial charge in [-0.3, -0.25) is 4.79 Å². The number of ether oxygens (including phenoxy) is 3. The lowest BCUT2D eigenvalue weighted by Gasteiger charge is -2.27. The van der Waals surface area contributed by atoms with Crippen LogP contribution in [-0.4, -0.2) is 37.8 Å². The standard InChI is InChI=1S/C25H33NO5/c1-7-30-25(5,23(28)29-6)20-14-12-18(13-15-20)21-11-9-8-10-19(21)16-26-17-22(27)31-24(2,3)4/h8-15,26H,7,16-17H2,1-6H3. The van der Waals surface area contributed by atoms with Gasteiger partial charge < -0.3 is 19.5 Å². The molecule has 0 aliphatic rings. The molecule has 1 atom stereocenters. The smallest absolute Gasteiger partial charge is 0.342 e. The van der Waals surface area contributed by atoms with E-state index in [1.165, 1.54) is 7.11 Å². The molecule has 0 saturated heterocycles. The molecule has 0 aliphatic heterocycles. The Hall–Kier alpha value is -2.70. The highest BCUT2D eigenvalue weighted by molar-refractivity contribution is 5.81. The lowest BCUT2D eigenvalue weighted by molar-refractivity contribution is -0.168. The first-order chi connectivity index (χ1) is 14.6. The quantitative estimate of drug-likeness (QED) is 0.605. The van der Waals surface area contributed by atoms with Gasteiger partial charge in [-0.1, -0.05) is 48.5 Å². The first-order valence-corrected chi connectivity index (χ1v) is 10.4. The van der Waals surface area contributed by atoms with E-state index in [4.69, 9.17) is 14.2 Å². The van der Waals surface area contributed by atoms with E-state index < -0.39 is 17.2 Å². The van der Waals surface area contributed by atoms with Gasteiger partial charge in [0.15, 0.2) is 5.60 Å². The average Bonchev–Trinajstić information content (AvgIpc) is 2.72. The summed E-state index contributed by atoms with van der Waals surface area (Å²) in [6.45, 7) is 10.1. The van der Waals surface area contributed by atoms with Crippen LogP contribution < -0.4 is 5.32 Å². The zero-order valence-electron chi connectivity index (χ0n) is 19.3. The molecular weight excluding hydrogens is 394 g/mol. The van der Waals surface area contributed by atoms with Gasteiger partial charge in [0.1, 0.15) is 5.60 Å². The Balaban J connectivity index is 2.17. The van der Waals surface area contributed by atoms with Crippen LogP contribution >= 0.6 is 0 Å². The van der Waals surface area contributed by atoms with E-state index >= 15 is 0 Å². The number of rotatable bonds is 9. The SMILES string of the molecule is CCOC(C)(C(=O)OC)c1ccc(-c2ccccc2CNCC(=O)OC(C)(C)C)cc1. The maximum Gasteiger partial charge on any atom is 0.342 e. The molecule has 0 fully saturated rings. The average molecular weight is 428 g/mol. The first kappa shape index (κ1) is 24.6. The van der Waals surface area contributed by atoms with E-state index in [-0.39, 0.29) is 12.5 Å². The van der Waals surface area contributed by atoms with Crippen molar-refractivity contribution < 1.29 is 23.8 Å². The number of carbonyl (C=O) groups is 2. The van der Waals surface area contributed by atoms with Crippen LogP contribution in [0.5, 0.6) is 0 Å². The Morgan fingerprint density at radius 3 is 2.19 bits per heavy atom. The molecule has 0 amide bonds. The first-order valence-electron chi connectivity index (χ1n) is 10.4. The van der Waals surface area contributed by atoms with Gasteiger partial charge in [0.2, 0.25) is 0 Å². The Morgan fingerprint density at radius 1 is 0.968 bits per heavy atom. The molecule has 0 spiro atoms. The van der Waals surface area contributed by atoms with Crippen LogP contribution in [0.2, 0.25) is 0 Å². The molecule has 6 nitrogen and oxygen atoms in total. The predicted molar refractivity (Wildman–Crippen MR) is 120 cm³/mol. The third-order valence-electron chi connectivity index (χ3n) is 4.78. The summed E-state index contributed by atoms with van der Waals surface area (Å²) in [6.07, 6.45) is 0. The molecule has 2 rings (SSSR count). The molecular formula is C25H33NO5. The molecule has 168 valence electrons. The second-order valence-corrected chi connectivity index (χ2v) is 8.38. The minimum absolute atomic E-state index is 0.135. The second kappa shape index (κ2) is 10.6. The normalized spacial score (nSPS) is 13.4. The molecule has 6 heteroatoms. The van der Waals surface area contributed by atoms with Crippen LogP contribution in [0.3, 0.4) is 0 Å². The molecule has 2 aromatic rings. The lowest BCUT2D eigenvalue weighted by atomic mass is 9.92. The van der Waals surface area contributed by atoms with E-state index in [2.05, 4.69) is 5.32 Å². The summed E-state index contributed by atoms with van der Waals surface area (Å²) in [4.78, 5) is 24.2. The van der Waals surface area contributed by atoms with Crippen molar-refractivity contribution in [3.63, 3.8) is 0 Å². The molecule has 0 saturated carbocycles. The van der Waals surface area contributed by atoms with Gasteiger partial charge in [-0.25, -0.2) is 4.79 Å². The van der Waals surface area contributed by atoms with Crippen LogP contribution in [0.4, 0.5) is 0 Å². The molecule has 1 N–H and O–H groups in total. The minimum Gasteiger partial charge on any atom is -0.467 e. The number of methoxy groups -OCH3 is 1. The summed E-state index contributed by atoms with van der Waals surface area (Å²) in [5.74, 6) is -0.721. The maximum atomic E-state index is 12.3. The third-order valence-corrected chi connectivity index (χ3v) is 4.78. The van der Waals surface area contributed by atoms with Crippen molar-refractivity contribution in [2.24, 2.45) is 0 Å². The number of esters is 2. The van der Waals surface area contributed by atoms with Crippen molar-refractivity contribution in [2.75, 3.05) is 20.3 Å². The predicted octanol–water partition coefficient (Wildman–Crippen LogP) is 4.21. The highest BCUT2D eigenvalue weighted by Crippen LogP contribution is 2.30. The van der Waals surface area contributed by atoms with Crippen LogP contribution in [0.15, 0.2) is 48.5 Å². The highest BCUT2D eigenvalue weighted by atomic mass is 16.6. The van der Waals surface area contributed by atoms with E-state index in [0.29, 0.717) is 13.2 Å². The fourth-order valence-electron chi connectivity index (χ4n) is 3.34. The van der Waals surface area contributed by atoms with Crippen molar-refractivity contribution in [1.29, 1.82) is 0 Å². The van der Waals surface area contributed by atoms with Gasteiger partial charge in [0.25, 0.3) is 0 Å². The van der Waals surface area contributed by atoms with Crippen molar-refractivity contribution in [1.82, 2.24) is 5.32 Å². The third kappa shape index (κ3) is 6.64. The topological polar surface area (TPSA) is 73.9 Å². The van der Waals surface area contributed by atoms with E-state index in [1.807, 2.05) is 76.2 Å². The van der Waals surface area contributed by atoms with Crippen molar-refractivity contribution >= 4 is 11.9 Å². The summed E-state index contributed by atoms with van der Waals surface area (Å²) < 4.78 is 16.0. The van der Waals surface area contributed by atoms with Gasteiger partial charge >= 0.3 is 11.9 Å². The Labute approximate surface area is 184 Å². The van der Waals surface area contributed by atoms with Crippen LogP contribution in [0, 0.1) is 0 Å². The number of benzene rings is 2. The van der Waals surface area contributed by atoms with Crippen molar-refractivity contribution in [3.8, 4) is 11.1 Å². The number of hydrogen-bond acceptors (Lipinski definition) is 6. The summed E-state index contributed by atoms with van der Waals surface area (Å²) in [5, 5.41) is 3.15. The summed E-state index contributed by atoms with van der Waals surface area (Å²) in [5.41, 5.74) is 2.17. The van der Waals surface area contributed by atoms with E-state index in [0.717, 1.165) is 22.3 Å². The maximum absolute atomic E-state index is 12.3. The zero-order chi connectivity index (χ0) is 23.1. The monoisotopic (exact) mass is 427 g/mol. The fraction of sp³-hybridized carbons (Fsp3) is 0.440. The van der Waals surface area contributed by atoms with Gasteiger partial charge in [0.05, 0.1) is 13.7 Å². The molecule has 0 aromatic heterocycles. The van der Waals surface area contributed by atoms with Gasteiger partial charge in [-0.2, -0.15) is 0 Å². The Morgan fingerprint density at radius 2 is 1.61 bits per heavy atom. The largest absolute Gasteiger partial charge is 0.467 e. The number of carbonyl (C=O) groups excluding carboxylic acids is 2. The molecule has 0 heterocycles. The lowest BCUT2D eigenvalue weighted by Crippen LogP contribution is -2.36. The molecule has 0 radical (unpaired) electrons. The number of hydrogen-bond donors (Lipinski definition) is 1. The summed E-state index contributed by atoms with van der Waals surface area (Å²) in [6, 6.07) is 15.7. The molecule has 1 unspecified atom stereocenters. The van der Waals surface area contributed by atoms with Crippen LogP contribution in [0.25, 0.3) is 11.1 Å². The van der Waals surface area contributed by atoms with Crippen LogP contribution in [0.1, 0.15) is 45.7 Å². The van der Waals surface area contributed by atoms with E-state index in [9.17, 15) is 9.59 Å². The zero-order valence-corrected chi connectivity index (χ0v) is 19.3. The van der Waals surface area contributed by atoms with Crippen molar-refractivity contribution in [2.45, 2.75) is 52.4 Å². The van der Waals surface area contributed by atoms with Gasteiger partial charge in [-0.05, 0) is 56.9 Å². The molecule has 2 aromatic carbocycles. The Kier molecular flexibility index (Phi) is 8.36. The Bertz CT molecular complexity index is 886. The molecule has 0 bridgehead atoms. The number of nitrogens with one attached hydrogen (secondary N) is 1. The van der Waals surface area contributed by atoms with Gasteiger partial charge in [-0.15, -0.1) is 0 Å². The van der Waals surface area contributed by atoms with E-state index in [1.54, 1.807) is 6.92 Å². The second-order valence-electron chi connectivity index (χ2n) is 8.38.